The average molecular weight is 312 g/mol. The zero-order valence-electron chi connectivity index (χ0n) is 12.9. The van der Waals surface area contributed by atoms with E-state index in [1.54, 1.807) is 7.11 Å². The van der Waals surface area contributed by atoms with Crippen molar-refractivity contribution >= 4 is 27.8 Å². The number of nitrogen functional groups attached to an aromatic ring is 1. The second kappa shape index (κ2) is 7.13. The lowest BCUT2D eigenvalue weighted by Crippen LogP contribution is -2.10. The van der Waals surface area contributed by atoms with E-state index in [0.29, 0.717) is 29.5 Å². The van der Waals surface area contributed by atoms with Gasteiger partial charge in [0.05, 0.1) is 24.3 Å². The predicted molar refractivity (Wildman–Crippen MR) is 86.5 cm³/mol. The first-order valence-corrected chi connectivity index (χ1v) is 8.18. The van der Waals surface area contributed by atoms with Crippen molar-refractivity contribution in [2.45, 2.75) is 26.7 Å². The van der Waals surface area contributed by atoms with Crippen LogP contribution >= 0.6 is 11.3 Å². The van der Waals surface area contributed by atoms with Crippen LogP contribution in [0.5, 0.6) is 5.75 Å². The molecule has 0 bridgehead atoms. The maximum absolute atomic E-state index is 12.1. The summed E-state index contributed by atoms with van der Waals surface area (Å²) in [7, 11) is 1.57. The van der Waals surface area contributed by atoms with Crippen LogP contribution in [-0.2, 0) is 4.74 Å². The van der Waals surface area contributed by atoms with Crippen LogP contribution in [0, 0.1) is 11.8 Å². The van der Waals surface area contributed by atoms with Crippen LogP contribution in [0.1, 0.15) is 36.4 Å². The molecule has 6 heteroatoms. The number of ketones is 1. The molecule has 1 fully saturated rings. The Morgan fingerprint density at radius 3 is 2.76 bits per heavy atom. The van der Waals surface area contributed by atoms with Gasteiger partial charge in [0.1, 0.15) is 5.00 Å². The summed E-state index contributed by atoms with van der Waals surface area (Å²) in [5, 5.41) is 4.05. The number of ether oxygens (including phenoxy) is 2. The molecule has 1 heterocycles. The molecule has 21 heavy (non-hydrogen) atoms. The number of hydrogen-bond donors (Lipinski definition) is 2. The van der Waals surface area contributed by atoms with Crippen molar-refractivity contribution in [1.82, 2.24) is 0 Å². The number of hydrogen-bond acceptors (Lipinski definition) is 6. The molecule has 5 nitrogen and oxygen atoms in total. The molecule has 0 atom stereocenters. The third-order valence-corrected chi connectivity index (χ3v) is 4.59. The Morgan fingerprint density at radius 1 is 1.48 bits per heavy atom. The Balaban J connectivity index is 1.93. The van der Waals surface area contributed by atoms with Crippen molar-refractivity contribution in [1.29, 1.82) is 0 Å². The van der Waals surface area contributed by atoms with E-state index in [1.165, 1.54) is 24.2 Å². The zero-order chi connectivity index (χ0) is 15.4. The molecule has 1 aromatic heterocycles. The van der Waals surface area contributed by atoms with Gasteiger partial charge in [0, 0.05) is 19.1 Å². The monoisotopic (exact) mass is 312 g/mol. The van der Waals surface area contributed by atoms with Crippen molar-refractivity contribution in [2.75, 3.05) is 37.9 Å². The van der Waals surface area contributed by atoms with E-state index >= 15 is 0 Å². The number of nitrogens with two attached hydrogens (primary N) is 1. The molecule has 0 unspecified atom stereocenters. The van der Waals surface area contributed by atoms with Crippen LogP contribution < -0.4 is 15.8 Å². The SMILES string of the molecule is COc1c(NCCOCC2CC2)sc(C(=O)C(C)C)c1N. The summed E-state index contributed by atoms with van der Waals surface area (Å²) in [4.78, 5) is 12.7. The van der Waals surface area contributed by atoms with Crippen molar-refractivity contribution in [2.24, 2.45) is 11.8 Å². The van der Waals surface area contributed by atoms with Crippen LogP contribution in [0.3, 0.4) is 0 Å². The summed E-state index contributed by atoms with van der Waals surface area (Å²) in [6, 6.07) is 0. The molecule has 2 rings (SSSR count). The van der Waals surface area contributed by atoms with Gasteiger partial charge in [-0.25, -0.2) is 0 Å². The zero-order valence-corrected chi connectivity index (χ0v) is 13.7. The minimum absolute atomic E-state index is 0.0498. The first-order valence-electron chi connectivity index (χ1n) is 7.36. The van der Waals surface area contributed by atoms with E-state index in [2.05, 4.69) is 5.32 Å². The van der Waals surface area contributed by atoms with E-state index in [-0.39, 0.29) is 11.7 Å². The van der Waals surface area contributed by atoms with E-state index < -0.39 is 0 Å². The third kappa shape index (κ3) is 4.11. The van der Waals surface area contributed by atoms with Crippen molar-refractivity contribution < 1.29 is 14.3 Å². The van der Waals surface area contributed by atoms with Crippen LogP contribution in [0.4, 0.5) is 10.7 Å². The first kappa shape index (κ1) is 16.1. The summed E-state index contributed by atoms with van der Waals surface area (Å²) >= 11 is 1.36. The standard InChI is InChI=1S/C15H24N2O3S/c1-9(2)12(18)14-11(16)13(19-3)15(21-14)17-6-7-20-8-10-4-5-10/h9-10,17H,4-8,16H2,1-3H3. The van der Waals surface area contributed by atoms with Crippen LogP contribution in [-0.4, -0.2) is 32.7 Å². The van der Waals surface area contributed by atoms with Gasteiger partial charge in [-0.05, 0) is 18.8 Å². The largest absolute Gasteiger partial charge is 0.492 e. The number of methoxy groups -OCH3 is 1. The topological polar surface area (TPSA) is 73.6 Å². The normalized spacial score (nSPS) is 14.5. The van der Waals surface area contributed by atoms with Gasteiger partial charge in [-0.15, -0.1) is 11.3 Å². The molecule has 0 aliphatic heterocycles. The molecule has 0 amide bonds. The third-order valence-electron chi connectivity index (χ3n) is 3.43. The van der Waals surface area contributed by atoms with Gasteiger partial charge in [0.2, 0.25) is 0 Å². The van der Waals surface area contributed by atoms with Gasteiger partial charge in [-0.2, -0.15) is 0 Å². The van der Waals surface area contributed by atoms with Crippen molar-refractivity contribution in [3.05, 3.63) is 4.88 Å². The Hall–Kier alpha value is -1.27. The minimum atomic E-state index is -0.0784. The number of anilines is 2. The van der Waals surface area contributed by atoms with E-state index in [0.717, 1.165) is 17.5 Å². The van der Waals surface area contributed by atoms with E-state index in [4.69, 9.17) is 15.2 Å². The molecule has 0 spiro atoms. The van der Waals surface area contributed by atoms with Crippen LogP contribution in [0.25, 0.3) is 0 Å². The Morgan fingerprint density at radius 2 is 2.19 bits per heavy atom. The summed E-state index contributed by atoms with van der Waals surface area (Å²) in [5.74, 6) is 1.30. The van der Waals surface area contributed by atoms with Gasteiger partial charge in [-0.3, -0.25) is 4.79 Å². The van der Waals surface area contributed by atoms with Gasteiger partial charge in [-0.1, -0.05) is 13.8 Å². The Kier molecular flexibility index (Phi) is 5.47. The molecular formula is C15H24N2O3S. The number of Topliss-reactive ketones (excluding diaryl/α,β-unsaturated/α-hetero) is 1. The minimum Gasteiger partial charge on any atom is -0.492 e. The molecule has 118 valence electrons. The lowest BCUT2D eigenvalue weighted by atomic mass is 10.1. The number of rotatable bonds is 9. The lowest BCUT2D eigenvalue weighted by Gasteiger charge is -2.07. The van der Waals surface area contributed by atoms with E-state index in [9.17, 15) is 4.79 Å². The summed E-state index contributed by atoms with van der Waals surface area (Å²) in [6.45, 7) is 5.91. The fourth-order valence-corrected chi connectivity index (χ4v) is 3.17. The first-order chi connectivity index (χ1) is 10.0. The lowest BCUT2D eigenvalue weighted by molar-refractivity contribution is 0.0944. The van der Waals surface area contributed by atoms with Gasteiger partial charge in [0.25, 0.3) is 0 Å². The average Bonchev–Trinajstić information content (AvgIpc) is 3.21. The summed E-state index contributed by atoms with van der Waals surface area (Å²) in [6.07, 6.45) is 2.59. The Bertz CT molecular complexity index is 495. The highest BCUT2D eigenvalue weighted by Gasteiger charge is 2.23. The predicted octanol–water partition coefficient (Wildman–Crippen LogP) is 3.02. The van der Waals surface area contributed by atoms with Crippen LogP contribution in [0.2, 0.25) is 0 Å². The highest BCUT2D eigenvalue weighted by molar-refractivity contribution is 7.19. The molecule has 1 aliphatic rings. The van der Waals surface area contributed by atoms with Gasteiger partial charge in [0.15, 0.2) is 11.5 Å². The summed E-state index contributed by atoms with van der Waals surface area (Å²) < 4.78 is 10.9. The summed E-state index contributed by atoms with van der Waals surface area (Å²) in [5.41, 5.74) is 6.46. The molecule has 1 aliphatic carbocycles. The van der Waals surface area contributed by atoms with Crippen LogP contribution in [0.15, 0.2) is 0 Å². The van der Waals surface area contributed by atoms with Gasteiger partial charge < -0.3 is 20.5 Å². The van der Waals surface area contributed by atoms with E-state index in [1.807, 2.05) is 13.8 Å². The second-order valence-corrected chi connectivity index (χ2v) is 6.69. The maximum Gasteiger partial charge on any atom is 0.177 e. The number of carbonyl (C=O) groups excluding carboxylic acids is 1. The van der Waals surface area contributed by atoms with Crippen molar-refractivity contribution in [3.63, 3.8) is 0 Å². The smallest absolute Gasteiger partial charge is 0.177 e. The highest BCUT2D eigenvalue weighted by atomic mass is 32.1. The number of carbonyl (C=O) groups is 1. The number of thiophene rings is 1. The molecule has 0 saturated heterocycles. The molecule has 3 N–H and O–H groups in total. The fraction of sp³-hybridized carbons (Fsp3) is 0.667. The molecule has 0 radical (unpaired) electrons. The second-order valence-electron chi connectivity index (χ2n) is 5.67. The van der Waals surface area contributed by atoms with Gasteiger partial charge >= 0.3 is 0 Å². The number of nitrogens with one attached hydrogen (secondary N) is 1. The highest BCUT2D eigenvalue weighted by Crippen LogP contribution is 2.43. The molecule has 1 saturated carbocycles. The maximum atomic E-state index is 12.1. The molecule has 0 aromatic carbocycles. The molecular weight excluding hydrogens is 288 g/mol. The van der Waals surface area contributed by atoms with Crippen molar-refractivity contribution in [3.8, 4) is 5.75 Å². The quantitative estimate of drug-likeness (QED) is 0.541. The Labute approximate surface area is 129 Å². The molecule has 1 aromatic rings. The fourth-order valence-electron chi connectivity index (χ4n) is 1.96.